The molecule has 0 unspecified atom stereocenters. The van der Waals surface area contributed by atoms with Crippen molar-refractivity contribution < 1.29 is 71.1 Å². The SMILES string of the molecule is O=C(O)CC(O)(CC(=O)O)C(=O)O.O=P(O)(O)O.[Fe].[NaH]. The van der Waals surface area contributed by atoms with Gasteiger partial charge in [0.1, 0.15) is 0 Å². The molecule has 0 aliphatic heterocycles. The van der Waals surface area contributed by atoms with E-state index in [1.807, 2.05) is 0 Å². The predicted molar refractivity (Wildman–Crippen MR) is 58.5 cm³/mol. The van der Waals surface area contributed by atoms with Gasteiger partial charge in [0.15, 0.2) is 5.60 Å². The van der Waals surface area contributed by atoms with E-state index in [9.17, 15) is 14.4 Å². The normalized spacial score (nSPS) is 10.0. The Labute approximate surface area is 144 Å². The Bertz CT molecular complexity index is 355. The molecule has 0 spiro atoms. The van der Waals surface area contributed by atoms with E-state index >= 15 is 0 Å². The second-order valence-electron chi connectivity index (χ2n) is 2.99. The Morgan fingerprint density at radius 1 is 0.900 bits per heavy atom. The fourth-order valence-electron chi connectivity index (χ4n) is 0.714. The number of hydrogen-bond acceptors (Lipinski definition) is 5. The second kappa shape index (κ2) is 11.6. The molecule has 0 aliphatic carbocycles. The van der Waals surface area contributed by atoms with Crippen molar-refractivity contribution in [3.63, 3.8) is 0 Å². The van der Waals surface area contributed by atoms with Crippen LogP contribution in [0.3, 0.4) is 0 Å². The van der Waals surface area contributed by atoms with Gasteiger partial charge in [-0.2, -0.15) is 0 Å². The zero-order chi connectivity index (χ0) is 15.1. The van der Waals surface area contributed by atoms with E-state index in [0.29, 0.717) is 0 Å². The van der Waals surface area contributed by atoms with Gasteiger partial charge >= 0.3 is 55.3 Å². The van der Waals surface area contributed by atoms with Crippen LogP contribution in [0.2, 0.25) is 0 Å². The Morgan fingerprint density at radius 2 is 1.10 bits per heavy atom. The van der Waals surface area contributed by atoms with Crippen molar-refractivity contribution in [2.45, 2.75) is 18.4 Å². The zero-order valence-electron chi connectivity index (χ0n) is 8.98. The Morgan fingerprint density at radius 3 is 1.20 bits per heavy atom. The van der Waals surface area contributed by atoms with Gasteiger partial charge in [0.05, 0.1) is 12.8 Å². The zero-order valence-corrected chi connectivity index (χ0v) is 11.0. The summed E-state index contributed by atoms with van der Waals surface area (Å²) in [5, 5.41) is 33.8. The van der Waals surface area contributed by atoms with Crippen LogP contribution in [0.4, 0.5) is 0 Å². The van der Waals surface area contributed by atoms with Crippen LogP contribution in [0.25, 0.3) is 0 Å². The molecule has 0 heterocycles. The number of carboxylic acid groups (broad SMARTS) is 3. The van der Waals surface area contributed by atoms with E-state index in [0.717, 1.165) is 0 Å². The number of hydrogen-bond donors (Lipinski definition) is 7. The maximum absolute atomic E-state index is 10.3. The second-order valence-corrected chi connectivity index (χ2v) is 4.02. The van der Waals surface area contributed by atoms with E-state index in [1.54, 1.807) is 0 Å². The molecule has 0 fully saturated rings. The van der Waals surface area contributed by atoms with Gasteiger partial charge in [-0.1, -0.05) is 0 Å². The minimum absolute atomic E-state index is 0. The van der Waals surface area contributed by atoms with E-state index in [-0.39, 0.29) is 46.6 Å². The summed E-state index contributed by atoms with van der Waals surface area (Å²) in [6, 6.07) is 0. The van der Waals surface area contributed by atoms with Crippen molar-refractivity contribution in [2.75, 3.05) is 0 Å². The average Bonchev–Trinajstić information content (AvgIpc) is 1.95. The number of aliphatic carboxylic acids is 3. The van der Waals surface area contributed by atoms with Gasteiger partial charge in [-0.05, 0) is 0 Å². The summed E-state index contributed by atoms with van der Waals surface area (Å²) in [4.78, 5) is 52.0. The van der Waals surface area contributed by atoms with E-state index in [1.165, 1.54) is 0 Å². The van der Waals surface area contributed by atoms with Gasteiger partial charge in [0, 0.05) is 17.1 Å². The van der Waals surface area contributed by atoms with Crippen LogP contribution in [0.15, 0.2) is 0 Å². The minimum atomic E-state index is -4.64. The third-order valence-corrected chi connectivity index (χ3v) is 1.29. The van der Waals surface area contributed by atoms with Gasteiger partial charge in [-0.25, -0.2) is 9.36 Å². The van der Waals surface area contributed by atoms with E-state index < -0.39 is 44.2 Å². The molecule has 20 heavy (non-hydrogen) atoms. The molecule has 0 aromatic carbocycles. The Hall–Kier alpha value is -0.000519. The molecule has 0 bridgehead atoms. The van der Waals surface area contributed by atoms with Crippen LogP contribution in [0, 0.1) is 0 Å². The summed E-state index contributed by atoms with van der Waals surface area (Å²) in [7, 11) is -4.64. The molecule has 0 amide bonds. The molecular weight excluding hydrogens is 358 g/mol. The molecule has 0 radical (unpaired) electrons. The quantitative estimate of drug-likeness (QED) is 0.194. The summed E-state index contributed by atoms with van der Waals surface area (Å²) in [5.41, 5.74) is -2.74. The average molecular weight is 370 g/mol. The van der Waals surface area contributed by atoms with Crippen LogP contribution in [-0.4, -0.2) is 88.2 Å². The van der Waals surface area contributed by atoms with E-state index in [2.05, 4.69) is 0 Å². The molecule has 11 nitrogen and oxygen atoms in total. The number of phosphoric acid groups is 1. The standard InChI is InChI=1S/C6H8O7.Fe.Na.H3O4P.H/c7-3(8)1-6(13,5(11)12)2-4(9)10;;;1-5(2,3)4;/h13H,1-2H2,(H,7,8)(H,9,10)(H,11,12);;;(H3,1,2,3,4);. The maximum atomic E-state index is 10.3. The predicted octanol–water partition coefficient (Wildman–Crippen LogP) is -2.83. The number of carbonyl (C=O) groups is 3. The van der Waals surface area contributed by atoms with Crippen LogP contribution >= 0.6 is 7.82 Å². The molecule has 0 saturated carbocycles. The van der Waals surface area contributed by atoms with Crippen LogP contribution in [-0.2, 0) is 36.0 Å². The Kier molecular flexibility index (Phi) is 16.4. The van der Waals surface area contributed by atoms with Gasteiger partial charge in [-0.15, -0.1) is 0 Å². The third kappa shape index (κ3) is 20.3. The summed E-state index contributed by atoms with van der Waals surface area (Å²) >= 11 is 0. The molecule has 0 aliphatic rings. The summed E-state index contributed by atoms with van der Waals surface area (Å²) < 4.78 is 8.88. The van der Waals surface area contributed by atoms with Gasteiger partial charge in [0.25, 0.3) is 0 Å². The molecular formula is C6H12FeNaO11P. The summed E-state index contributed by atoms with van der Waals surface area (Å²) in [6.45, 7) is 0. The fraction of sp³-hybridized carbons (Fsp3) is 0.500. The van der Waals surface area contributed by atoms with Gasteiger partial charge in [0.2, 0.25) is 0 Å². The van der Waals surface area contributed by atoms with Crippen molar-refractivity contribution in [2.24, 2.45) is 0 Å². The molecule has 14 heteroatoms. The molecule has 116 valence electrons. The van der Waals surface area contributed by atoms with Crippen molar-refractivity contribution in [1.82, 2.24) is 0 Å². The third-order valence-electron chi connectivity index (χ3n) is 1.29. The van der Waals surface area contributed by atoms with Crippen LogP contribution < -0.4 is 0 Å². The molecule has 7 N–H and O–H groups in total. The molecule has 0 aromatic heterocycles. The monoisotopic (exact) mass is 370 g/mol. The number of rotatable bonds is 5. The Balaban J connectivity index is -0.000000158. The number of aliphatic hydroxyl groups is 1. The topological polar surface area (TPSA) is 210 Å². The molecule has 0 aromatic rings. The van der Waals surface area contributed by atoms with Crippen LogP contribution in [0.5, 0.6) is 0 Å². The molecule has 0 rings (SSSR count). The molecule has 0 atom stereocenters. The van der Waals surface area contributed by atoms with Gasteiger partial charge in [-0.3, -0.25) is 9.59 Å². The van der Waals surface area contributed by atoms with Crippen molar-refractivity contribution in [3.8, 4) is 0 Å². The summed E-state index contributed by atoms with van der Waals surface area (Å²) in [6.07, 6.45) is -2.29. The first kappa shape index (κ1) is 28.2. The first-order valence-electron chi connectivity index (χ1n) is 3.95. The van der Waals surface area contributed by atoms with Crippen molar-refractivity contribution >= 4 is 55.3 Å². The van der Waals surface area contributed by atoms with Crippen LogP contribution in [0.1, 0.15) is 12.8 Å². The van der Waals surface area contributed by atoms with E-state index in [4.69, 9.17) is 39.7 Å². The first-order valence-corrected chi connectivity index (χ1v) is 5.52. The fourth-order valence-corrected chi connectivity index (χ4v) is 0.714. The number of carboxylic acids is 3. The first-order chi connectivity index (χ1) is 7.78. The van der Waals surface area contributed by atoms with Crippen molar-refractivity contribution in [3.05, 3.63) is 0 Å². The summed E-state index contributed by atoms with van der Waals surface area (Å²) in [5.74, 6) is -5.02. The molecule has 0 saturated heterocycles. The van der Waals surface area contributed by atoms with Crippen molar-refractivity contribution in [1.29, 1.82) is 0 Å². The van der Waals surface area contributed by atoms with Gasteiger partial charge < -0.3 is 35.1 Å².